The van der Waals surface area contributed by atoms with Gasteiger partial charge in [-0.3, -0.25) is 0 Å². The second-order valence-corrected chi connectivity index (χ2v) is 6.84. The number of aryl methyl sites for hydroxylation is 2. The highest BCUT2D eigenvalue weighted by molar-refractivity contribution is 7.16. The van der Waals surface area contributed by atoms with Crippen molar-refractivity contribution in [2.45, 2.75) is 32.6 Å². The summed E-state index contributed by atoms with van der Waals surface area (Å²) in [7, 11) is 0. The van der Waals surface area contributed by atoms with Crippen LogP contribution in [0.1, 0.15) is 34.5 Å². The molecule has 3 rings (SSSR count). The van der Waals surface area contributed by atoms with E-state index in [1.807, 2.05) is 11.3 Å². The minimum atomic E-state index is 0.652. The highest BCUT2D eigenvalue weighted by Gasteiger charge is 2.19. The van der Waals surface area contributed by atoms with Crippen LogP contribution in [0, 0.1) is 13.8 Å². The second kappa shape index (κ2) is 5.07. The zero-order valence-electron chi connectivity index (χ0n) is 10.7. The first kappa shape index (κ1) is 12.3. The maximum absolute atomic E-state index is 4.84. The van der Waals surface area contributed by atoms with E-state index in [1.54, 1.807) is 11.3 Å². The molecule has 1 fully saturated rings. The first-order valence-electron chi connectivity index (χ1n) is 6.34. The minimum absolute atomic E-state index is 0.652. The maximum Gasteiger partial charge on any atom is 0.0964 e. The first-order chi connectivity index (χ1) is 8.74. The van der Waals surface area contributed by atoms with Crippen LogP contribution in [0.3, 0.4) is 0 Å². The first-order valence-corrected chi connectivity index (χ1v) is 8.04. The van der Waals surface area contributed by atoms with Gasteiger partial charge in [0.25, 0.3) is 0 Å². The van der Waals surface area contributed by atoms with Gasteiger partial charge < -0.3 is 5.32 Å². The van der Waals surface area contributed by atoms with E-state index in [-0.39, 0.29) is 0 Å². The monoisotopic (exact) mass is 279 g/mol. The Kier molecular flexibility index (Phi) is 3.46. The molecule has 0 bridgehead atoms. The number of hydrogen-bond acceptors (Lipinski definition) is 5. The molecule has 0 spiro atoms. The van der Waals surface area contributed by atoms with E-state index in [4.69, 9.17) is 4.98 Å². The van der Waals surface area contributed by atoms with Gasteiger partial charge >= 0.3 is 0 Å². The van der Waals surface area contributed by atoms with Gasteiger partial charge in [0, 0.05) is 11.3 Å². The molecule has 96 valence electrons. The number of thiazole rings is 2. The van der Waals surface area contributed by atoms with Crippen LogP contribution in [0.15, 0.2) is 5.38 Å². The molecule has 0 aliphatic carbocycles. The third-order valence-corrected chi connectivity index (χ3v) is 5.45. The van der Waals surface area contributed by atoms with Crippen LogP contribution in [0.5, 0.6) is 0 Å². The number of aromatic nitrogens is 2. The number of nitrogens with zero attached hydrogens (tertiary/aromatic N) is 2. The SMILES string of the molecule is Cc1nc(C)c(-c2csc(C3CCNCC3)n2)s1. The summed E-state index contributed by atoms with van der Waals surface area (Å²) in [6.07, 6.45) is 2.43. The van der Waals surface area contributed by atoms with Crippen LogP contribution in [-0.4, -0.2) is 23.1 Å². The molecule has 0 aromatic carbocycles. The lowest BCUT2D eigenvalue weighted by Crippen LogP contribution is -2.26. The third-order valence-electron chi connectivity index (χ3n) is 3.35. The van der Waals surface area contributed by atoms with Crippen molar-refractivity contribution >= 4 is 22.7 Å². The van der Waals surface area contributed by atoms with Crippen LogP contribution >= 0.6 is 22.7 Å². The van der Waals surface area contributed by atoms with E-state index in [9.17, 15) is 0 Å². The van der Waals surface area contributed by atoms with E-state index in [1.165, 1.54) is 22.7 Å². The number of nitrogens with one attached hydrogen (secondary N) is 1. The summed E-state index contributed by atoms with van der Waals surface area (Å²) in [5.74, 6) is 0.652. The summed E-state index contributed by atoms with van der Waals surface area (Å²) in [4.78, 5) is 10.6. The third kappa shape index (κ3) is 2.35. The van der Waals surface area contributed by atoms with Crippen LogP contribution in [0.25, 0.3) is 10.6 Å². The van der Waals surface area contributed by atoms with Gasteiger partial charge in [-0.15, -0.1) is 22.7 Å². The maximum atomic E-state index is 4.84. The Balaban J connectivity index is 1.86. The normalized spacial score (nSPS) is 17.2. The lowest BCUT2D eigenvalue weighted by Gasteiger charge is -2.20. The summed E-state index contributed by atoms with van der Waals surface area (Å²) in [6, 6.07) is 0. The Bertz CT molecular complexity index is 538. The Morgan fingerprint density at radius 2 is 2.00 bits per heavy atom. The highest BCUT2D eigenvalue weighted by Crippen LogP contribution is 2.34. The van der Waals surface area contributed by atoms with E-state index in [0.717, 1.165) is 29.5 Å². The number of rotatable bonds is 2. The van der Waals surface area contributed by atoms with Crippen LogP contribution in [0.4, 0.5) is 0 Å². The van der Waals surface area contributed by atoms with Crippen LogP contribution < -0.4 is 5.32 Å². The van der Waals surface area contributed by atoms with Gasteiger partial charge in [0.05, 0.1) is 26.3 Å². The van der Waals surface area contributed by atoms with Gasteiger partial charge in [0.2, 0.25) is 0 Å². The van der Waals surface area contributed by atoms with Gasteiger partial charge in [0.15, 0.2) is 0 Å². The topological polar surface area (TPSA) is 37.8 Å². The van der Waals surface area contributed by atoms with Gasteiger partial charge in [0.1, 0.15) is 0 Å². The molecule has 1 aliphatic rings. The number of piperidine rings is 1. The molecule has 0 amide bonds. The summed E-state index contributed by atoms with van der Waals surface area (Å²) < 4.78 is 0. The van der Waals surface area contributed by atoms with Gasteiger partial charge in [-0.1, -0.05) is 0 Å². The van der Waals surface area contributed by atoms with Crippen molar-refractivity contribution in [3.63, 3.8) is 0 Å². The molecule has 2 aromatic rings. The van der Waals surface area contributed by atoms with E-state index < -0.39 is 0 Å². The number of hydrogen-bond donors (Lipinski definition) is 1. The van der Waals surface area contributed by atoms with Crippen LogP contribution in [-0.2, 0) is 0 Å². The second-order valence-electron chi connectivity index (χ2n) is 4.74. The Labute approximate surface area is 115 Å². The molecule has 0 radical (unpaired) electrons. The van der Waals surface area contributed by atoms with Crippen molar-refractivity contribution in [3.8, 4) is 10.6 Å². The van der Waals surface area contributed by atoms with Crippen molar-refractivity contribution in [1.82, 2.24) is 15.3 Å². The molecule has 0 saturated carbocycles. The van der Waals surface area contributed by atoms with Gasteiger partial charge in [-0.25, -0.2) is 9.97 Å². The lowest BCUT2D eigenvalue weighted by molar-refractivity contribution is 0.459. The molecule has 2 aromatic heterocycles. The molecule has 0 unspecified atom stereocenters. The average Bonchev–Trinajstić information content (AvgIpc) is 2.97. The Morgan fingerprint density at radius 1 is 1.22 bits per heavy atom. The Hall–Kier alpha value is -0.780. The molecule has 1 aliphatic heterocycles. The molecule has 1 saturated heterocycles. The van der Waals surface area contributed by atoms with E-state index >= 15 is 0 Å². The summed E-state index contributed by atoms with van der Waals surface area (Å²) in [6.45, 7) is 6.38. The predicted octanol–water partition coefficient (Wildman–Crippen LogP) is 3.35. The van der Waals surface area contributed by atoms with Gasteiger partial charge in [-0.05, 0) is 39.8 Å². The largest absolute Gasteiger partial charge is 0.317 e. The quantitative estimate of drug-likeness (QED) is 0.916. The molecule has 5 heteroatoms. The zero-order chi connectivity index (χ0) is 12.5. The molecule has 0 atom stereocenters. The molecular formula is C13H17N3S2. The van der Waals surface area contributed by atoms with Crippen LogP contribution in [0.2, 0.25) is 0 Å². The summed E-state index contributed by atoms with van der Waals surface area (Å²) >= 11 is 3.56. The fourth-order valence-electron chi connectivity index (χ4n) is 2.42. The zero-order valence-corrected chi connectivity index (χ0v) is 12.3. The van der Waals surface area contributed by atoms with Crippen molar-refractivity contribution in [3.05, 3.63) is 21.1 Å². The summed E-state index contributed by atoms with van der Waals surface area (Å²) in [5.41, 5.74) is 2.23. The standard InChI is InChI=1S/C13H17N3S2/c1-8-12(18-9(2)15-8)11-7-17-13(16-11)10-3-5-14-6-4-10/h7,10,14H,3-6H2,1-2H3. The Morgan fingerprint density at radius 3 is 2.67 bits per heavy atom. The highest BCUT2D eigenvalue weighted by atomic mass is 32.1. The van der Waals surface area contributed by atoms with Crippen molar-refractivity contribution in [1.29, 1.82) is 0 Å². The fraction of sp³-hybridized carbons (Fsp3) is 0.538. The smallest absolute Gasteiger partial charge is 0.0964 e. The average molecular weight is 279 g/mol. The molecular weight excluding hydrogens is 262 g/mol. The minimum Gasteiger partial charge on any atom is -0.317 e. The van der Waals surface area contributed by atoms with E-state index in [0.29, 0.717) is 5.92 Å². The van der Waals surface area contributed by atoms with Crippen molar-refractivity contribution in [2.24, 2.45) is 0 Å². The molecule has 3 heterocycles. The van der Waals surface area contributed by atoms with Gasteiger partial charge in [-0.2, -0.15) is 0 Å². The predicted molar refractivity (Wildman–Crippen MR) is 77.5 cm³/mol. The van der Waals surface area contributed by atoms with Crippen molar-refractivity contribution < 1.29 is 0 Å². The summed E-state index contributed by atoms with van der Waals surface area (Å²) in [5, 5.41) is 8.02. The fourth-order valence-corrected chi connectivity index (χ4v) is 4.35. The molecule has 1 N–H and O–H groups in total. The molecule has 3 nitrogen and oxygen atoms in total. The lowest BCUT2D eigenvalue weighted by atomic mass is 9.99. The van der Waals surface area contributed by atoms with E-state index in [2.05, 4.69) is 29.5 Å². The molecule has 18 heavy (non-hydrogen) atoms. The van der Waals surface area contributed by atoms with Crippen molar-refractivity contribution in [2.75, 3.05) is 13.1 Å².